The van der Waals surface area contributed by atoms with E-state index < -0.39 is 0 Å². The van der Waals surface area contributed by atoms with E-state index in [1.54, 1.807) is 29.8 Å². The summed E-state index contributed by atoms with van der Waals surface area (Å²) in [6.45, 7) is 1.78. The minimum Gasteiger partial charge on any atom is -0.313 e. The van der Waals surface area contributed by atoms with Gasteiger partial charge < -0.3 is 4.57 Å². The molecule has 0 saturated heterocycles. The maximum absolute atomic E-state index is 12.2. The van der Waals surface area contributed by atoms with Gasteiger partial charge in [0.15, 0.2) is 0 Å². The van der Waals surface area contributed by atoms with Crippen LogP contribution in [0.2, 0.25) is 5.02 Å². The van der Waals surface area contributed by atoms with Crippen molar-refractivity contribution in [2.45, 2.75) is 19.8 Å². The van der Waals surface area contributed by atoms with Gasteiger partial charge in [-0.3, -0.25) is 14.9 Å². The summed E-state index contributed by atoms with van der Waals surface area (Å²) in [5.41, 5.74) is 4.95. The van der Waals surface area contributed by atoms with Crippen LogP contribution in [0.5, 0.6) is 0 Å². The van der Waals surface area contributed by atoms with E-state index in [9.17, 15) is 9.59 Å². The molecule has 1 aromatic heterocycles. The van der Waals surface area contributed by atoms with E-state index in [1.807, 2.05) is 19.2 Å². The predicted molar refractivity (Wildman–Crippen MR) is 96.3 cm³/mol. The average Bonchev–Trinajstić information content (AvgIpc) is 3.10. The van der Waals surface area contributed by atoms with Gasteiger partial charge in [0.05, 0.1) is 17.8 Å². The Labute approximate surface area is 150 Å². The largest absolute Gasteiger partial charge is 0.313 e. The molecule has 2 aromatic rings. The highest BCUT2D eigenvalue weighted by Gasteiger charge is 2.27. The number of carbonyl (C=O) groups excluding carboxylic acids is 2. The van der Waals surface area contributed by atoms with Crippen LogP contribution in [0.3, 0.4) is 0 Å². The number of hydrazone groups is 1. The number of halogens is 1. The third kappa shape index (κ3) is 3.71. The van der Waals surface area contributed by atoms with E-state index in [4.69, 9.17) is 11.6 Å². The zero-order chi connectivity index (χ0) is 18.0. The third-order valence-corrected chi connectivity index (χ3v) is 4.45. The highest BCUT2D eigenvalue weighted by atomic mass is 35.5. The van der Waals surface area contributed by atoms with E-state index in [-0.39, 0.29) is 24.2 Å². The lowest BCUT2D eigenvalue weighted by Crippen LogP contribution is -2.24. The molecule has 1 atom stereocenters. The molecule has 1 unspecified atom stereocenters. The van der Waals surface area contributed by atoms with Gasteiger partial charge in [-0.1, -0.05) is 23.7 Å². The van der Waals surface area contributed by atoms with Gasteiger partial charge in [-0.05, 0) is 31.0 Å². The SMILES string of the molecule is CC1=NNC(=O)C1CCC(=O)Nc1ncc(-c2ccc(Cl)cc2)n1C. The number of amides is 2. The van der Waals surface area contributed by atoms with Crippen LogP contribution in [0.15, 0.2) is 35.6 Å². The van der Waals surface area contributed by atoms with Gasteiger partial charge in [0.1, 0.15) is 0 Å². The Hall–Kier alpha value is -2.67. The Morgan fingerprint density at radius 1 is 1.36 bits per heavy atom. The molecule has 0 bridgehead atoms. The minimum absolute atomic E-state index is 0.160. The van der Waals surface area contributed by atoms with E-state index in [0.717, 1.165) is 11.3 Å². The number of nitrogens with one attached hydrogen (secondary N) is 2. The highest BCUT2D eigenvalue weighted by molar-refractivity contribution is 6.30. The Bertz CT molecular complexity index is 841. The summed E-state index contributed by atoms with van der Waals surface area (Å²) in [5.74, 6) is -0.232. The van der Waals surface area contributed by atoms with Crippen molar-refractivity contribution in [2.75, 3.05) is 5.32 Å². The molecule has 0 radical (unpaired) electrons. The molecule has 0 spiro atoms. The normalized spacial score (nSPS) is 16.5. The van der Waals surface area contributed by atoms with Crippen molar-refractivity contribution in [1.82, 2.24) is 15.0 Å². The van der Waals surface area contributed by atoms with E-state index in [0.29, 0.717) is 23.1 Å². The fourth-order valence-corrected chi connectivity index (χ4v) is 2.83. The molecule has 0 saturated carbocycles. The zero-order valence-electron chi connectivity index (χ0n) is 13.9. The van der Waals surface area contributed by atoms with E-state index >= 15 is 0 Å². The van der Waals surface area contributed by atoms with Crippen LogP contribution in [0.25, 0.3) is 11.3 Å². The van der Waals surface area contributed by atoms with Crippen molar-refractivity contribution >= 4 is 35.1 Å². The van der Waals surface area contributed by atoms with Gasteiger partial charge in [-0.25, -0.2) is 10.4 Å². The van der Waals surface area contributed by atoms with Crippen molar-refractivity contribution in [2.24, 2.45) is 18.1 Å². The van der Waals surface area contributed by atoms with Crippen molar-refractivity contribution in [3.8, 4) is 11.3 Å². The average molecular weight is 360 g/mol. The van der Waals surface area contributed by atoms with Gasteiger partial charge in [0.2, 0.25) is 17.8 Å². The lowest BCUT2D eigenvalue weighted by molar-refractivity contribution is -0.122. The molecule has 0 aliphatic carbocycles. The van der Waals surface area contributed by atoms with Crippen LogP contribution < -0.4 is 10.7 Å². The number of carbonyl (C=O) groups is 2. The molecule has 8 heteroatoms. The van der Waals surface area contributed by atoms with Crippen molar-refractivity contribution in [3.05, 3.63) is 35.5 Å². The molecule has 2 N–H and O–H groups in total. The fourth-order valence-electron chi connectivity index (χ4n) is 2.71. The van der Waals surface area contributed by atoms with Gasteiger partial charge >= 0.3 is 0 Å². The first-order chi connectivity index (χ1) is 12.0. The molecule has 1 aliphatic heterocycles. The van der Waals surface area contributed by atoms with Gasteiger partial charge in [0.25, 0.3) is 0 Å². The van der Waals surface area contributed by atoms with E-state index in [2.05, 4.69) is 20.8 Å². The van der Waals surface area contributed by atoms with Crippen molar-refractivity contribution in [1.29, 1.82) is 0 Å². The molecule has 7 nitrogen and oxygen atoms in total. The Balaban J connectivity index is 1.63. The van der Waals surface area contributed by atoms with E-state index in [1.165, 1.54) is 0 Å². The van der Waals surface area contributed by atoms with Crippen molar-refractivity contribution < 1.29 is 9.59 Å². The fraction of sp³-hybridized carbons (Fsp3) is 0.294. The summed E-state index contributed by atoms with van der Waals surface area (Å²) < 4.78 is 1.80. The summed E-state index contributed by atoms with van der Waals surface area (Å²) in [5, 5.41) is 7.32. The summed E-state index contributed by atoms with van der Waals surface area (Å²) in [6.07, 6.45) is 2.33. The Morgan fingerprint density at radius 2 is 2.08 bits per heavy atom. The second kappa shape index (κ2) is 7.06. The van der Waals surface area contributed by atoms with Crippen molar-refractivity contribution in [3.63, 3.8) is 0 Å². The lowest BCUT2D eigenvalue weighted by atomic mass is 9.99. The molecule has 3 rings (SSSR count). The number of aromatic nitrogens is 2. The summed E-state index contributed by atoms with van der Waals surface area (Å²) in [4.78, 5) is 28.0. The Kier molecular flexibility index (Phi) is 4.85. The first-order valence-corrected chi connectivity index (χ1v) is 8.25. The number of hydrogen-bond donors (Lipinski definition) is 2. The standard InChI is InChI=1S/C17H18ClN5O2/c1-10-13(16(25)22-21-10)7-8-15(24)20-17-19-9-14(23(17)2)11-3-5-12(18)6-4-11/h3-6,9,13H,7-8H2,1-2H3,(H,22,25)(H,19,20,24). The highest BCUT2D eigenvalue weighted by Crippen LogP contribution is 2.24. The van der Waals surface area contributed by atoms with Gasteiger partial charge in [-0.15, -0.1) is 0 Å². The number of imidazole rings is 1. The number of anilines is 1. The van der Waals surface area contributed by atoms with Gasteiger partial charge in [0, 0.05) is 24.2 Å². The quantitative estimate of drug-likeness (QED) is 0.859. The van der Waals surface area contributed by atoms with Crippen LogP contribution in [-0.4, -0.2) is 27.1 Å². The minimum atomic E-state index is -0.336. The summed E-state index contributed by atoms with van der Waals surface area (Å²) >= 11 is 5.91. The second-order valence-electron chi connectivity index (χ2n) is 5.90. The van der Waals surface area contributed by atoms with Crippen LogP contribution in [0.4, 0.5) is 5.95 Å². The molecular weight excluding hydrogens is 342 g/mol. The van der Waals surface area contributed by atoms with Crippen LogP contribution in [0, 0.1) is 5.92 Å². The maximum Gasteiger partial charge on any atom is 0.248 e. The zero-order valence-corrected chi connectivity index (χ0v) is 14.7. The number of hydrogen-bond acceptors (Lipinski definition) is 4. The monoisotopic (exact) mass is 359 g/mol. The first-order valence-electron chi connectivity index (χ1n) is 7.87. The summed E-state index contributed by atoms with van der Waals surface area (Å²) in [7, 11) is 1.83. The summed E-state index contributed by atoms with van der Waals surface area (Å²) in [6, 6.07) is 7.40. The molecule has 2 heterocycles. The smallest absolute Gasteiger partial charge is 0.248 e. The maximum atomic E-state index is 12.2. The first kappa shape index (κ1) is 17.2. The Morgan fingerprint density at radius 3 is 2.72 bits per heavy atom. The third-order valence-electron chi connectivity index (χ3n) is 4.20. The molecule has 2 amide bonds. The van der Waals surface area contributed by atoms with Gasteiger partial charge in [-0.2, -0.15) is 5.10 Å². The number of rotatable bonds is 5. The molecule has 0 fully saturated rings. The molecule has 25 heavy (non-hydrogen) atoms. The number of nitrogens with zero attached hydrogens (tertiary/aromatic N) is 3. The van der Waals surface area contributed by atoms with Crippen LogP contribution in [-0.2, 0) is 16.6 Å². The lowest BCUT2D eigenvalue weighted by Gasteiger charge is -2.09. The molecule has 130 valence electrons. The molecular formula is C17H18ClN5O2. The van der Waals surface area contributed by atoms with Crippen LogP contribution >= 0.6 is 11.6 Å². The second-order valence-corrected chi connectivity index (χ2v) is 6.34. The molecule has 1 aromatic carbocycles. The topological polar surface area (TPSA) is 88.4 Å². The molecule has 1 aliphatic rings. The predicted octanol–water partition coefficient (Wildman–Crippen LogP) is 2.58. The van der Waals surface area contributed by atoms with Crippen LogP contribution in [0.1, 0.15) is 19.8 Å². The number of benzene rings is 1.